The first kappa shape index (κ1) is 23.4. The van der Waals surface area contributed by atoms with Crippen LogP contribution >= 0.6 is 0 Å². The number of nitrogens with one attached hydrogen (secondary N) is 1. The molecule has 30 heavy (non-hydrogen) atoms. The van der Waals surface area contributed by atoms with Crippen molar-refractivity contribution in [1.82, 2.24) is 10.2 Å². The predicted octanol–water partition coefficient (Wildman–Crippen LogP) is 4.24. The Bertz CT molecular complexity index is 821. The predicted molar refractivity (Wildman–Crippen MR) is 116 cm³/mol. The molecule has 6 heteroatoms. The van der Waals surface area contributed by atoms with Crippen molar-refractivity contribution in [3.63, 3.8) is 0 Å². The summed E-state index contributed by atoms with van der Waals surface area (Å²) in [6.07, 6.45) is 1.25. The average molecular weight is 415 g/mol. The molecular weight excluding hydrogens is 383 g/mol. The van der Waals surface area contributed by atoms with Gasteiger partial charge in [0.05, 0.1) is 0 Å². The van der Waals surface area contributed by atoms with Crippen molar-refractivity contribution in [2.75, 3.05) is 6.61 Å². The summed E-state index contributed by atoms with van der Waals surface area (Å²) in [5.41, 5.74) is 1.84. The molecule has 2 rings (SSSR count). The molecule has 0 heterocycles. The molecule has 0 saturated carbocycles. The summed E-state index contributed by atoms with van der Waals surface area (Å²) in [5.74, 6) is -0.252. The first-order valence-corrected chi connectivity index (χ1v) is 10.4. The van der Waals surface area contributed by atoms with Gasteiger partial charge in [0.15, 0.2) is 6.61 Å². The lowest BCUT2D eigenvalue weighted by Gasteiger charge is -2.31. The van der Waals surface area contributed by atoms with Crippen LogP contribution in [0.3, 0.4) is 0 Å². The molecular formula is C24H31FN2O3. The fraction of sp³-hybridized carbons (Fsp3) is 0.417. The third-order valence-corrected chi connectivity index (χ3v) is 5.04. The summed E-state index contributed by atoms with van der Waals surface area (Å²) in [6.45, 7) is 7.77. The van der Waals surface area contributed by atoms with Crippen LogP contribution in [0.15, 0.2) is 48.5 Å². The molecule has 0 spiro atoms. The fourth-order valence-corrected chi connectivity index (χ4v) is 3.01. The minimum absolute atomic E-state index is 0.0122. The average Bonchev–Trinajstić information content (AvgIpc) is 2.74. The molecule has 2 atom stereocenters. The van der Waals surface area contributed by atoms with Crippen molar-refractivity contribution < 1.29 is 18.7 Å². The summed E-state index contributed by atoms with van der Waals surface area (Å²) in [5, 5.41) is 2.96. The molecule has 2 aromatic carbocycles. The minimum atomic E-state index is -0.641. The number of carbonyl (C=O) groups is 2. The highest BCUT2D eigenvalue weighted by Crippen LogP contribution is 2.16. The Labute approximate surface area is 178 Å². The van der Waals surface area contributed by atoms with Gasteiger partial charge in [0.25, 0.3) is 5.91 Å². The van der Waals surface area contributed by atoms with Gasteiger partial charge < -0.3 is 15.0 Å². The van der Waals surface area contributed by atoms with E-state index in [0.717, 1.165) is 17.5 Å². The van der Waals surface area contributed by atoms with Crippen LogP contribution in [0.2, 0.25) is 0 Å². The van der Waals surface area contributed by atoms with Gasteiger partial charge in [0.1, 0.15) is 17.6 Å². The Morgan fingerprint density at radius 3 is 2.23 bits per heavy atom. The quantitative estimate of drug-likeness (QED) is 0.633. The van der Waals surface area contributed by atoms with E-state index >= 15 is 0 Å². The van der Waals surface area contributed by atoms with E-state index in [1.807, 2.05) is 39.8 Å². The monoisotopic (exact) mass is 414 g/mol. The van der Waals surface area contributed by atoms with Crippen molar-refractivity contribution in [2.45, 2.75) is 59.2 Å². The molecule has 0 aliphatic carbocycles. The Morgan fingerprint density at radius 2 is 1.67 bits per heavy atom. The maximum absolute atomic E-state index is 13.3. The van der Waals surface area contributed by atoms with Gasteiger partial charge in [0, 0.05) is 12.6 Å². The highest BCUT2D eigenvalue weighted by molar-refractivity contribution is 5.88. The Kier molecular flexibility index (Phi) is 8.84. The van der Waals surface area contributed by atoms with Crippen LogP contribution in [0.25, 0.3) is 0 Å². The lowest BCUT2D eigenvalue weighted by Crippen LogP contribution is -2.51. The van der Waals surface area contributed by atoms with Gasteiger partial charge >= 0.3 is 0 Å². The molecule has 0 aliphatic rings. The van der Waals surface area contributed by atoms with Crippen LogP contribution in [0.5, 0.6) is 5.75 Å². The van der Waals surface area contributed by atoms with Crippen LogP contribution in [0, 0.1) is 12.7 Å². The summed E-state index contributed by atoms with van der Waals surface area (Å²) < 4.78 is 18.9. The smallest absolute Gasteiger partial charge is 0.261 e. The van der Waals surface area contributed by atoms with Crippen molar-refractivity contribution in [1.29, 1.82) is 0 Å². The zero-order valence-corrected chi connectivity index (χ0v) is 18.2. The SMILES string of the molecule is CC[C@H](C(=O)N[C@@H](C)CC)N(Cc1ccc(F)cc1)C(=O)COc1ccc(C)cc1. The van der Waals surface area contributed by atoms with E-state index in [1.54, 1.807) is 24.3 Å². The summed E-state index contributed by atoms with van der Waals surface area (Å²) >= 11 is 0. The van der Waals surface area contributed by atoms with Gasteiger partial charge in [-0.15, -0.1) is 0 Å². The van der Waals surface area contributed by atoms with E-state index in [2.05, 4.69) is 5.32 Å². The summed E-state index contributed by atoms with van der Waals surface area (Å²) in [4.78, 5) is 27.4. The van der Waals surface area contributed by atoms with Gasteiger partial charge in [-0.1, -0.05) is 43.7 Å². The van der Waals surface area contributed by atoms with Crippen molar-refractivity contribution >= 4 is 11.8 Å². The number of halogens is 1. The molecule has 0 saturated heterocycles. The van der Waals surface area contributed by atoms with Gasteiger partial charge in [0.2, 0.25) is 5.91 Å². The van der Waals surface area contributed by atoms with Crippen molar-refractivity contribution in [2.24, 2.45) is 0 Å². The van der Waals surface area contributed by atoms with Crippen LogP contribution in [-0.4, -0.2) is 35.4 Å². The molecule has 0 radical (unpaired) electrons. The largest absolute Gasteiger partial charge is 0.484 e. The Hall–Kier alpha value is -2.89. The zero-order valence-electron chi connectivity index (χ0n) is 18.2. The number of aryl methyl sites for hydroxylation is 1. The van der Waals surface area contributed by atoms with E-state index in [0.29, 0.717) is 12.2 Å². The van der Waals surface area contributed by atoms with Gasteiger partial charge in [-0.2, -0.15) is 0 Å². The zero-order chi connectivity index (χ0) is 22.1. The second-order valence-electron chi connectivity index (χ2n) is 7.49. The number of carbonyl (C=O) groups excluding carboxylic acids is 2. The fourth-order valence-electron chi connectivity index (χ4n) is 3.01. The molecule has 162 valence electrons. The highest BCUT2D eigenvalue weighted by atomic mass is 19.1. The van der Waals surface area contributed by atoms with E-state index in [4.69, 9.17) is 4.74 Å². The number of ether oxygens (including phenoxy) is 1. The molecule has 0 aromatic heterocycles. The van der Waals surface area contributed by atoms with Crippen LogP contribution in [-0.2, 0) is 16.1 Å². The lowest BCUT2D eigenvalue weighted by molar-refractivity contribution is -0.143. The maximum atomic E-state index is 13.3. The second-order valence-corrected chi connectivity index (χ2v) is 7.49. The first-order chi connectivity index (χ1) is 14.3. The molecule has 2 aromatic rings. The second kappa shape index (κ2) is 11.3. The maximum Gasteiger partial charge on any atom is 0.261 e. The lowest BCUT2D eigenvalue weighted by atomic mass is 10.1. The number of amides is 2. The topological polar surface area (TPSA) is 58.6 Å². The first-order valence-electron chi connectivity index (χ1n) is 10.4. The molecule has 0 fully saturated rings. The normalized spacial score (nSPS) is 12.7. The van der Waals surface area contributed by atoms with Gasteiger partial charge in [-0.3, -0.25) is 9.59 Å². The third-order valence-electron chi connectivity index (χ3n) is 5.04. The van der Waals surface area contributed by atoms with Gasteiger partial charge in [-0.25, -0.2) is 4.39 Å². The van der Waals surface area contributed by atoms with Crippen LogP contribution in [0.1, 0.15) is 44.7 Å². The standard InChI is InChI=1S/C24H31FN2O3/c1-5-18(4)26-24(29)22(6-2)27(15-19-9-11-20(25)12-10-19)23(28)16-30-21-13-7-17(3)8-14-21/h7-14,18,22H,5-6,15-16H2,1-4H3,(H,26,29)/t18-,22+/m0/s1. The van der Waals surface area contributed by atoms with E-state index in [9.17, 15) is 14.0 Å². The Morgan fingerprint density at radius 1 is 1.03 bits per heavy atom. The van der Waals surface area contributed by atoms with E-state index in [-0.39, 0.29) is 36.8 Å². The van der Waals surface area contributed by atoms with Crippen LogP contribution < -0.4 is 10.1 Å². The van der Waals surface area contributed by atoms with E-state index < -0.39 is 6.04 Å². The number of hydrogen-bond acceptors (Lipinski definition) is 3. The number of nitrogens with zero attached hydrogens (tertiary/aromatic N) is 1. The third kappa shape index (κ3) is 6.87. The van der Waals surface area contributed by atoms with Gasteiger partial charge in [-0.05, 0) is 56.5 Å². The number of benzene rings is 2. The molecule has 5 nitrogen and oxygen atoms in total. The molecule has 0 bridgehead atoms. The number of hydrogen-bond donors (Lipinski definition) is 1. The molecule has 0 unspecified atom stereocenters. The molecule has 2 amide bonds. The van der Waals surface area contributed by atoms with Crippen molar-refractivity contribution in [3.05, 3.63) is 65.5 Å². The minimum Gasteiger partial charge on any atom is -0.484 e. The Balaban J connectivity index is 2.19. The van der Waals surface area contributed by atoms with Crippen LogP contribution in [0.4, 0.5) is 4.39 Å². The summed E-state index contributed by atoms with van der Waals surface area (Å²) in [6, 6.07) is 12.7. The molecule has 0 aliphatic heterocycles. The molecule has 1 N–H and O–H groups in total. The highest BCUT2D eigenvalue weighted by Gasteiger charge is 2.29. The van der Waals surface area contributed by atoms with E-state index in [1.165, 1.54) is 17.0 Å². The summed E-state index contributed by atoms with van der Waals surface area (Å²) in [7, 11) is 0. The van der Waals surface area contributed by atoms with Crippen molar-refractivity contribution in [3.8, 4) is 5.75 Å². The number of rotatable bonds is 10.